The third-order valence-electron chi connectivity index (χ3n) is 6.93. The average Bonchev–Trinajstić information content (AvgIpc) is 3.14. The van der Waals surface area contributed by atoms with Gasteiger partial charge < -0.3 is 19.8 Å². The molecule has 0 heterocycles. The number of nitrogens with zero attached hydrogens (tertiary/aromatic N) is 1. The van der Waals surface area contributed by atoms with Crippen LogP contribution in [0.5, 0.6) is 0 Å². The van der Waals surface area contributed by atoms with Crippen molar-refractivity contribution in [3.63, 3.8) is 0 Å². The zero-order valence-corrected chi connectivity index (χ0v) is 18.7. The zero-order chi connectivity index (χ0) is 20.5. The van der Waals surface area contributed by atoms with Gasteiger partial charge in [-0.25, -0.2) is 0 Å². The minimum atomic E-state index is -0.375. The highest BCUT2D eigenvalue weighted by molar-refractivity contribution is 5.06. The van der Waals surface area contributed by atoms with Crippen LogP contribution >= 0.6 is 0 Å². The van der Waals surface area contributed by atoms with Crippen molar-refractivity contribution in [1.29, 1.82) is 0 Å². The Kier molecular flexibility index (Phi) is 10.5. The number of likely N-dealkylation sites (N-methyl/N-ethyl adjacent to an activating group) is 1. The van der Waals surface area contributed by atoms with Crippen LogP contribution in [0.2, 0.25) is 0 Å². The molecular weight excluding hydrogens is 350 g/mol. The van der Waals surface area contributed by atoms with Gasteiger partial charge in [-0.2, -0.15) is 0 Å². The SMILES string of the molecule is CCCC[C@H](C)C[C@@H](O)/C=C/[C@@H]1[C@H]2C[C@H](CCOCCN(C)C)C[C@H]2C[C@H]1O. The first-order valence-electron chi connectivity index (χ1n) is 11.7. The van der Waals surface area contributed by atoms with Crippen LogP contribution < -0.4 is 0 Å². The molecule has 2 aliphatic rings. The van der Waals surface area contributed by atoms with E-state index in [0.29, 0.717) is 17.8 Å². The van der Waals surface area contributed by atoms with E-state index < -0.39 is 0 Å². The van der Waals surface area contributed by atoms with Gasteiger partial charge in [0.25, 0.3) is 0 Å². The summed E-state index contributed by atoms with van der Waals surface area (Å²) in [6.45, 7) is 7.09. The third-order valence-corrected chi connectivity index (χ3v) is 6.93. The number of ether oxygens (including phenoxy) is 1. The van der Waals surface area contributed by atoms with E-state index in [0.717, 1.165) is 44.9 Å². The molecule has 2 rings (SSSR count). The predicted octanol–water partition coefficient (Wildman–Crippen LogP) is 4.11. The Bertz CT molecular complexity index is 453. The van der Waals surface area contributed by atoms with Crippen LogP contribution in [0.15, 0.2) is 12.2 Å². The highest BCUT2D eigenvalue weighted by Crippen LogP contribution is 2.51. The van der Waals surface area contributed by atoms with Gasteiger partial charge in [0.15, 0.2) is 0 Å². The lowest BCUT2D eigenvalue weighted by Crippen LogP contribution is -2.20. The van der Waals surface area contributed by atoms with Gasteiger partial charge in [0, 0.05) is 19.1 Å². The van der Waals surface area contributed by atoms with Crippen molar-refractivity contribution in [2.75, 3.05) is 33.9 Å². The monoisotopic (exact) mass is 395 g/mol. The number of hydrogen-bond acceptors (Lipinski definition) is 4. The Morgan fingerprint density at radius 3 is 2.68 bits per heavy atom. The fraction of sp³-hybridized carbons (Fsp3) is 0.917. The molecule has 2 fully saturated rings. The second-order valence-electron chi connectivity index (χ2n) is 9.78. The molecule has 0 amide bonds. The summed E-state index contributed by atoms with van der Waals surface area (Å²) in [5.41, 5.74) is 0. The molecule has 164 valence electrons. The average molecular weight is 396 g/mol. The highest BCUT2D eigenvalue weighted by Gasteiger charge is 2.46. The summed E-state index contributed by atoms with van der Waals surface area (Å²) in [4.78, 5) is 2.15. The molecule has 0 aromatic rings. The van der Waals surface area contributed by atoms with E-state index in [1.165, 1.54) is 32.1 Å². The first-order chi connectivity index (χ1) is 13.4. The van der Waals surface area contributed by atoms with Gasteiger partial charge in [-0.15, -0.1) is 0 Å². The van der Waals surface area contributed by atoms with Gasteiger partial charge in [0.1, 0.15) is 0 Å². The number of aliphatic hydroxyl groups excluding tert-OH is 2. The van der Waals surface area contributed by atoms with Gasteiger partial charge in [0.05, 0.1) is 18.8 Å². The summed E-state index contributed by atoms with van der Waals surface area (Å²) in [6.07, 6.45) is 12.5. The van der Waals surface area contributed by atoms with Crippen LogP contribution in [-0.4, -0.2) is 61.2 Å². The van der Waals surface area contributed by atoms with Gasteiger partial charge in [0.2, 0.25) is 0 Å². The van der Waals surface area contributed by atoms with Gasteiger partial charge >= 0.3 is 0 Å². The molecule has 0 saturated heterocycles. The van der Waals surface area contributed by atoms with Crippen LogP contribution in [0.1, 0.15) is 65.2 Å². The topological polar surface area (TPSA) is 52.9 Å². The van der Waals surface area contributed by atoms with E-state index in [1.54, 1.807) is 0 Å². The Morgan fingerprint density at radius 1 is 1.18 bits per heavy atom. The molecule has 0 radical (unpaired) electrons. The lowest BCUT2D eigenvalue weighted by atomic mass is 9.89. The number of aliphatic hydroxyl groups is 2. The maximum absolute atomic E-state index is 10.5. The van der Waals surface area contributed by atoms with Crippen molar-refractivity contribution in [2.45, 2.75) is 77.4 Å². The molecule has 0 aromatic heterocycles. The van der Waals surface area contributed by atoms with E-state index >= 15 is 0 Å². The molecule has 7 atom stereocenters. The maximum Gasteiger partial charge on any atom is 0.0723 e. The van der Waals surface area contributed by atoms with Crippen LogP contribution in [0, 0.1) is 29.6 Å². The van der Waals surface area contributed by atoms with Crippen molar-refractivity contribution < 1.29 is 14.9 Å². The predicted molar refractivity (Wildman–Crippen MR) is 116 cm³/mol. The van der Waals surface area contributed by atoms with Crippen molar-refractivity contribution in [1.82, 2.24) is 4.90 Å². The lowest BCUT2D eigenvalue weighted by Gasteiger charge is -2.20. The lowest BCUT2D eigenvalue weighted by molar-refractivity contribution is 0.101. The summed E-state index contributed by atoms with van der Waals surface area (Å²) in [6, 6.07) is 0. The Morgan fingerprint density at radius 2 is 1.96 bits per heavy atom. The summed E-state index contributed by atoms with van der Waals surface area (Å²) in [7, 11) is 4.15. The van der Waals surface area contributed by atoms with Gasteiger partial charge in [-0.1, -0.05) is 45.3 Å². The van der Waals surface area contributed by atoms with Crippen LogP contribution in [0.25, 0.3) is 0 Å². The van der Waals surface area contributed by atoms with Gasteiger partial charge in [-0.3, -0.25) is 0 Å². The van der Waals surface area contributed by atoms with Crippen LogP contribution in [-0.2, 0) is 4.74 Å². The van der Waals surface area contributed by atoms with Crippen molar-refractivity contribution >= 4 is 0 Å². The molecule has 2 N–H and O–H groups in total. The van der Waals surface area contributed by atoms with Crippen molar-refractivity contribution in [3.8, 4) is 0 Å². The van der Waals surface area contributed by atoms with E-state index in [2.05, 4.69) is 38.9 Å². The van der Waals surface area contributed by atoms with Crippen molar-refractivity contribution in [3.05, 3.63) is 12.2 Å². The minimum absolute atomic E-state index is 0.227. The minimum Gasteiger partial charge on any atom is -0.392 e. The normalized spacial score (nSPS) is 32.3. The standard InChI is InChI=1S/C24H45NO3/c1-5-6-7-18(2)14-21(26)8-9-22-23-16-19(15-20(23)17-24(22)27)10-12-28-13-11-25(3)4/h8-9,18-24,26-27H,5-7,10-17H2,1-4H3/b9-8+/t18-,19+,20-,21-,22+,23-,24+/m0/s1. The summed E-state index contributed by atoms with van der Waals surface area (Å²) >= 11 is 0. The van der Waals surface area contributed by atoms with E-state index in [1.807, 2.05) is 6.08 Å². The molecule has 0 spiro atoms. The third kappa shape index (κ3) is 7.78. The molecule has 4 heteroatoms. The molecule has 0 aromatic carbocycles. The molecule has 2 aliphatic carbocycles. The van der Waals surface area contributed by atoms with Crippen LogP contribution in [0.3, 0.4) is 0 Å². The number of rotatable bonds is 13. The quantitative estimate of drug-likeness (QED) is 0.364. The molecule has 28 heavy (non-hydrogen) atoms. The Labute approximate surface area is 173 Å². The molecule has 0 bridgehead atoms. The summed E-state index contributed by atoms with van der Waals surface area (Å²) in [5.74, 6) is 2.76. The highest BCUT2D eigenvalue weighted by atomic mass is 16.5. The van der Waals surface area contributed by atoms with E-state index in [4.69, 9.17) is 4.74 Å². The first-order valence-corrected chi connectivity index (χ1v) is 11.7. The maximum atomic E-state index is 10.5. The largest absolute Gasteiger partial charge is 0.392 e. The van der Waals surface area contributed by atoms with Crippen molar-refractivity contribution in [2.24, 2.45) is 29.6 Å². The Hall–Kier alpha value is -0.420. The van der Waals surface area contributed by atoms with Gasteiger partial charge in [-0.05, 0) is 69.9 Å². The number of fused-ring (bicyclic) bond motifs is 1. The fourth-order valence-electron chi connectivity index (χ4n) is 5.30. The number of hydrogen-bond donors (Lipinski definition) is 2. The fourth-order valence-corrected chi connectivity index (χ4v) is 5.30. The molecular formula is C24H45NO3. The summed E-state index contributed by atoms with van der Waals surface area (Å²) in [5, 5.41) is 20.9. The smallest absolute Gasteiger partial charge is 0.0723 e. The summed E-state index contributed by atoms with van der Waals surface area (Å²) < 4.78 is 5.78. The molecule has 0 aliphatic heterocycles. The zero-order valence-electron chi connectivity index (χ0n) is 18.7. The van der Waals surface area contributed by atoms with Crippen LogP contribution in [0.4, 0.5) is 0 Å². The first kappa shape index (κ1) is 23.9. The number of unbranched alkanes of at least 4 members (excludes halogenated alkanes) is 1. The molecule has 0 unspecified atom stereocenters. The second kappa shape index (κ2) is 12.3. The molecule has 4 nitrogen and oxygen atoms in total. The molecule has 2 saturated carbocycles. The van der Waals surface area contributed by atoms with E-state index in [-0.39, 0.29) is 18.1 Å². The second-order valence-corrected chi connectivity index (χ2v) is 9.78. The Balaban J connectivity index is 1.73. The van der Waals surface area contributed by atoms with E-state index in [9.17, 15) is 10.2 Å².